The summed E-state index contributed by atoms with van der Waals surface area (Å²) in [4.78, 5) is 25.5. The van der Waals surface area contributed by atoms with Crippen LogP contribution in [0.15, 0.2) is 48.5 Å². The lowest BCUT2D eigenvalue weighted by molar-refractivity contribution is 0.0947. The molecule has 0 unspecified atom stereocenters. The molecule has 0 saturated carbocycles. The zero-order valence-corrected chi connectivity index (χ0v) is 16.5. The van der Waals surface area contributed by atoms with E-state index in [0.717, 1.165) is 5.75 Å². The van der Waals surface area contributed by atoms with Gasteiger partial charge in [0, 0.05) is 11.3 Å². The van der Waals surface area contributed by atoms with E-state index >= 15 is 0 Å². The lowest BCUT2D eigenvalue weighted by Crippen LogP contribution is -2.29. The molecule has 1 heterocycles. The monoisotopic (exact) mass is 382 g/mol. The third kappa shape index (κ3) is 4.82. The molecule has 2 aromatic rings. The Kier molecular flexibility index (Phi) is 5.87. The highest BCUT2D eigenvalue weighted by molar-refractivity contribution is 5.97. The van der Waals surface area contributed by atoms with Gasteiger partial charge in [0.1, 0.15) is 19.0 Å². The van der Waals surface area contributed by atoms with E-state index in [1.807, 2.05) is 12.1 Å². The van der Waals surface area contributed by atoms with Crippen LogP contribution in [0.2, 0.25) is 0 Å². The zero-order chi connectivity index (χ0) is 20.1. The van der Waals surface area contributed by atoms with Crippen LogP contribution in [0.4, 0.5) is 10.5 Å². The highest BCUT2D eigenvalue weighted by Gasteiger charge is 2.24. The molecular formula is C22H26N2O4. The second-order valence-electron chi connectivity index (χ2n) is 7.70. The number of benzene rings is 2. The Bertz CT molecular complexity index is 840. The van der Waals surface area contributed by atoms with Gasteiger partial charge in [-0.15, -0.1) is 0 Å². The number of anilines is 1. The van der Waals surface area contributed by atoms with Crippen molar-refractivity contribution in [3.05, 3.63) is 59.7 Å². The largest absolute Gasteiger partial charge is 0.492 e. The summed E-state index contributed by atoms with van der Waals surface area (Å²) < 4.78 is 10.6. The first-order valence-electron chi connectivity index (χ1n) is 9.40. The summed E-state index contributed by atoms with van der Waals surface area (Å²) in [6.45, 7) is 8.11. The van der Waals surface area contributed by atoms with Crippen molar-refractivity contribution in [2.45, 2.75) is 26.2 Å². The van der Waals surface area contributed by atoms with Crippen LogP contribution < -0.4 is 15.0 Å². The van der Waals surface area contributed by atoms with Gasteiger partial charge in [0.25, 0.3) is 5.91 Å². The summed E-state index contributed by atoms with van der Waals surface area (Å²) >= 11 is 0. The second kappa shape index (κ2) is 8.33. The number of rotatable bonds is 6. The summed E-state index contributed by atoms with van der Waals surface area (Å²) in [6.07, 6.45) is -0.386. The fourth-order valence-electron chi connectivity index (χ4n) is 2.93. The number of carbonyl (C=O) groups is 2. The Morgan fingerprint density at radius 2 is 1.93 bits per heavy atom. The fourth-order valence-corrected chi connectivity index (χ4v) is 2.93. The van der Waals surface area contributed by atoms with E-state index in [-0.39, 0.29) is 17.4 Å². The van der Waals surface area contributed by atoms with Crippen molar-refractivity contribution >= 4 is 17.7 Å². The summed E-state index contributed by atoms with van der Waals surface area (Å²) in [7, 11) is 0. The molecule has 2 aromatic carbocycles. The molecule has 1 fully saturated rings. The number of nitrogens with zero attached hydrogens (tertiary/aromatic N) is 1. The molecule has 148 valence electrons. The second-order valence-corrected chi connectivity index (χ2v) is 7.70. The van der Waals surface area contributed by atoms with Gasteiger partial charge in [0.05, 0.1) is 13.1 Å². The summed E-state index contributed by atoms with van der Waals surface area (Å²) in [5.41, 5.74) is 2.50. The summed E-state index contributed by atoms with van der Waals surface area (Å²) in [5, 5.41) is 2.84. The minimum absolute atomic E-state index is 0.104. The fraction of sp³-hybridized carbons (Fsp3) is 0.364. The smallest absolute Gasteiger partial charge is 0.414 e. The Labute approximate surface area is 165 Å². The van der Waals surface area contributed by atoms with Gasteiger partial charge in [-0.2, -0.15) is 0 Å². The molecule has 1 aliphatic rings. The summed E-state index contributed by atoms with van der Waals surface area (Å²) in [5.74, 6) is 0.567. The number of hydrogen-bond acceptors (Lipinski definition) is 4. The highest BCUT2D eigenvalue weighted by Crippen LogP contribution is 2.24. The van der Waals surface area contributed by atoms with Crippen LogP contribution in [0.5, 0.6) is 5.75 Å². The normalized spacial score (nSPS) is 14.0. The molecule has 0 atom stereocenters. The molecule has 1 aliphatic heterocycles. The van der Waals surface area contributed by atoms with E-state index in [4.69, 9.17) is 9.47 Å². The third-order valence-corrected chi connectivity index (χ3v) is 4.56. The lowest BCUT2D eigenvalue weighted by atomic mass is 9.87. The maximum Gasteiger partial charge on any atom is 0.414 e. The van der Waals surface area contributed by atoms with Crippen molar-refractivity contribution in [3.8, 4) is 5.75 Å². The van der Waals surface area contributed by atoms with Crippen LogP contribution in [-0.4, -0.2) is 38.3 Å². The third-order valence-electron chi connectivity index (χ3n) is 4.56. The van der Waals surface area contributed by atoms with Gasteiger partial charge in [-0.25, -0.2) is 4.79 Å². The van der Waals surface area contributed by atoms with E-state index in [2.05, 4.69) is 38.2 Å². The molecule has 6 nitrogen and oxygen atoms in total. The van der Waals surface area contributed by atoms with E-state index in [1.165, 1.54) is 10.5 Å². The zero-order valence-electron chi connectivity index (χ0n) is 16.5. The number of cyclic esters (lactones) is 1. The number of ether oxygens (including phenoxy) is 2. The van der Waals surface area contributed by atoms with E-state index in [0.29, 0.717) is 37.6 Å². The van der Waals surface area contributed by atoms with Crippen LogP contribution in [0.1, 0.15) is 36.7 Å². The Hall–Kier alpha value is -3.02. The number of carbonyl (C=O) groups excluding carboxylic acids is 2. The Morgan fingerprint density at radius 1 is 1.18 bits per heavy atom. The molecule has 3 rings (SSSR count). The predicted molar refractivity (Wildman–Crippen MR) is 108 cm³/mol. The first-order valence-corrected chi connectivity index (χ1v) is 9.40. The van der Waals surface area contributed by atoms with Crippen LogP contribution in [0.3, 0.4) is 0 Å². The minimum Gasteiger partial charge on any atom is -0.492 e. The quantitative estimate of drug-likeness (QED) is 0.773. The Morgan fingerprint density at radius 3 is 2.57 bits per heavy atom. The first kappa shape index (κ1) is 19.7. The Balaban J connectivity index is 1.49. The highest BCUT2D eigenvalue weighted by atomic mass is 16.6. The van der Waals surface area contributed by atoms with Gasteiger partial charge in [0.2, 0.25) is 0 Å². The van der Waals surface area contributed by atoms with Gasteiger partial charge in [0.15, 0.2) is 0 Å². The molecule has 28 heavy (non-hydrogen) atoms. The predicted octanol–water partition coefficient (Wildman–Crippen LogP) is 3.75. The molecule has 2 amide bonds. The van der Waals surface area contributed by atoms with Crippen LogP contribution in [0, 0.1) is 0 Å². The molecular weight excluding hydrogens is 356 g/mol. The molecule has 1 saturated heterocycles. The maximum atomic E-state index is 12.4. The SMILES string of the molecule is CC(C)(C)c1ccc(OCCNC(=O)c2cccc(N3CCOC3=O)c2)cc1. The van der Waals surface area contributed by atoms with E-state index < -0.39 is 0 Å². The van der Waals surface area contributed by atoms with Crippen molar-refractivity contribution in [3.63, 3.8) is 0 Å². The number of hydrogen-bond donors (Lipinski definition) is 1. The van der Waals surface area contributed by atoms with E-state index in [1.54, 1.807) is 24.3 Å². The maximum absolute atomic E-state index is 12.4. The summed E-state index contributed by atoms with van der Waals surface area (Å²) in [6, 6.07) is 14.9. The van der Waals surface area contributed by atoms with Crippen LogP contribution in [0.25, 0.3) is 0 Å². The minimum atomic E-state index is -0.386. The van der Waals surface area contributed by atoms with Crippen molar-refractivity contribution in [1.29, 1.82) is 0 Å². The molecule has 1 N–H and O–H groups in total. The number of amides is 2. The van der Waals surface area contributed by atoms with Gasteiger partial charge in [-0.05, 0) is 41.3 Å². The van der Waals surface area contributed by atoms with Crippen LogP contribution >= 0.6 is 0 Å². The average Bonchev–Trinajstić information content (AvgIpc) is 3.11. The standard InChI is InChI=1S/C22H26N2O4/c1-22(2,3)17-7-9-19(10-8-17)27-13-11-23-20(25)16-5-4-6-18(15-16)24-12-14-28-21(24)26/h4-10,15H,11-14H2,1-3H3,(H,23,25). The van der Waals surface area contributed by atoms with E-state index in [9.17, 15) is 9.59 Å². The van der Waals surface area contributed by atoms with Crippen molar-refractivity contribution in [1.82, 2.24) is 5.32 Å². The number of nitrogens with one attached hydrogen (secondary N) is 1. The molecule has 0 spiro atoms. The van der Waals surface area contributed by atoms with Gasteiger partial charge >= 0.3 is 6.09 Å². The van der Waals surface area contributed by atoms with Crippen molar-refractivity contribution < 1.29 is 19.1 Å². The van der Waals surface area contributed by atoms with Gasteiger partial charge < -0.3 is 14.8 Å². The van der Waals surface area contributed by atoms with Gasteiger partial charge in [-0.3, -0.25) is 9.69 Å². The molecule has 0 radical (unpaired) electrons. The first-order chi connectivity index (χ1) is 13.3. The molecule has 6 heteroatoms. The van der Waals surface area contributed by atoms with Crippen molar-refractivity contribution in [2.24, 2.45) is 0 Å². The molecule has 0 aliphatic carbocycles. The average molecular weight is 382 g/mol. The topological polar surface area (TPSA) is 67.9 Å². The molecule has 0 bridgehead atoms. The lowest BCUT2D eigenvalue weighted by Gasteiger charge is -2.19. The van der Waals surface area contributed by atoms with Crippen molar-refractivity contribution in [2.75, 3.05) is 31.2 Å². The molecule has 0 aromatic heterocycles. The van der Waals surface area contributed by atoms with Crippen LogP contribution in [-0.2, 0) is 10.2 Å². The van der Waals surface area contributed by atoms with Gasteiger partial charge in [-0.1, -0.05) is 39.0 Å².